The molecule has 2 aromatic carbocycles. The molecule has 0 aliphatic carbocycles. The van der Waals surface area contributed by atoms with E-state index in [1.54, 1.807) is 62.6 Å². The third kappa shape index (κ3) is 4.52. The number of rotatable bonds is 6. The van der Waals surface area contributed by atoms with Gasteiger partial charge in [-0.25, -0.2) is 4.79 Å². The molecule has 1 N–H and O–H groups in total. The quantitative estimate of drug-likeness (QED) is 0.491. The van der Waals surface area contributed by atoms with E-state index in [0.717, 1.165) is 5.56 Å². The van der Waals surface area contributed by atoms with Crippen molar-refractivity contribution in [3.63, 3.8) is 0 Å². The SMILES string of the molecule is COc1ccc(C(/C=C/c2ccc([N+](=O)[O-])cc2)c2c(O)cc(C)oc2=O)cc1. The topological polar surface area (TPSA) is 103 Å². The minimum atomic E-state index is -0.628. The third-order valence-electron chi connectivity index (χ3n) is 4.46. The first-order valence-electron chi connectivity index (χ1n) is 8.79. The maximum atomic E-state index is 12.5. The second-order valence-electron chi connectivity index (χ2n) is 6.40. The van der Waals surface area contributed by atoms with E-state index in [-0.39, 0.29) is 17.0 Å². The predicted octanol–water partition coefficient (Wildman–Crippen LogP) is 4.42. The number of methoxy groups -OCH3 is 1. The summed E-state index contributed by atoms with van der Waals surface area (Å²) >= 11 is 0. The Morgan fingerprint density at radius 1 is 1.14 bits per heavy atom. The van der Waals surface area contributed by atoms with Gasteiger partial charge in [-0.3, -0.25) is 10.1 Å². The first-order chi connectivity index (χ1) is 13.9. The molecule has 0 spiro atoms. The van der Waals surface area contributed by atoms with Gasteiger partial charge in [0.2, 0.25) is 0 Å². The number of aryl methyl sites for hydroxylation is 1. The van der Waals surface area contributed by atoms with E-state index in [4.69, 9.17) is 9.15 Å². The van der Waals surface area contributed by atoms with Crippen LogP contribution in [0, 0.1) is 17.0 Å². The summed E-state index contributed by atoms with van der Waals surface area (Å²) in [5.74, 6) is 0.219. The molecule has 1 atom stereocenters. The molecule has 0 amide bonds. The number of hydrogen-bond donors (Lipinski definition) is 1. The van der Waals surface area contributed by atoms with Crippen LogP contribution in [-0.2, 0) is 0 Å². The fourth-order valence-corrected chi connectivity index (χ4v) is 2.99. The first kappa shape index (κ1) is 19.9. The van der Waals surface area contributed by atoms with E-state index in [2.05, 4.69) is 0 Å². The lowest BCUT2D eigenvalue weighted by Crippen LogP contribution is -2.13. The summed E-state index contributed by atoms with van der Waals surface area (Å²) < 4.78 is 10.4. The average molecular weight is 393 g/mol. The highest BCUT2D eigenvalue weighted by Gasteiger charge is 2.21. The van der Waals surface area contributed by atoms with Crippen molar-refractivity contribution in [2.45, 2.75) is 12.8 Å². The Morgan fingerprint density at radius 3 is 2.34 bits per heavy atom. The van der Waals surface area contributed by atoms with Crippen molar-refractivity contribution in [3.05, 3.63) is 104 Å². The Bertz CT molecular complexity index is 1100. The molecule has 29 heavy (non-hydrogen) atoms. The van der Waals surface area contributed by atoms with Crippen molar-refractivity contribution in [2.24, 2.45) is 0 Å². The van der Waals surface area contributed by atoms with Crippen LogP contribution in [0.15, 0.2) is 69.9 Å². The van der Waals surface area contributed by atoms with Crippen molar-refractivity contribution in [1.29, 1.82) is 0 Å². The maximum absolute atomic E-state index is 12.5. The van der Waals surface area contributed by atoms with Gasteiger partial charge in [0.15, 0.2) is 0 Å². The van der Waals surface area contributed by atoms with Crippen molar-refractivity contribution in [1.82, 2.24) is 0 Å². The van der Waals surface area contributed by atoms with Gasteiger partial charge in [0.25, 0.3) is 5.69 Å². The Morgan fingerprint density at radius 2 is 1.79 bits per heavy atom. The van der Waals surface area contributed by atoms with E-state index >= 15 is 0 Å². The summed E-state index contributed by atoms with van der Waals surface area (Å²) in [5, 5.41) is 21.2. The van der Waals surface area contributed by atoms with E-state index in [1.165, 1.54) is 18.2 Å². The lowest BCUT2D eigenvalue weighted by atomic mass is 9.90. The molecule has 0 saturated heterocycles. The molecule has 1 unspecified atom stereocenters. The van der Waals surface area contributed by atoms with Gasteiger partial charge in [0.05, 0.1) is 17.6 Å². The van der Waals surface area contributed by atoms with Crippen LogP contribution in [0.5, 0.6) is 11.5 Å². The summed E-state index contributed by atoms with van der Waals surface area (Å²) in [6, 6.07) is 14.5. The maximum Gasteiger partial charge on any atom is 0.343 e. The number of hydrogen-bond acceptors (Lipinski definition) is 6. The molecule has 1 aromatic heterocycles. The molecule has 0 fully saturated rings. The average Bonchev–Trinajstić information content (AvgIpc) is 2.70. The van der Waals surface area contributed by atoms with E-state index in [9.17, 15) is 20.0 Å². The van der Waals surface area contributed by atoms with E-state index < -0.39 is 16.5 Å². The number of nitro groups is 1. The molecule has 1 heterocycles. The molecular weight excluding hydrogens is 374 g/mol. The standard InChI is InChI=1S/C22H19NO6/c1-14-13-20(24)21(22(25)29-14)19(16-6-10-18(28-2)11-7-16)12-5-15-3-8-17(9-4-15)23(26)27/h3-13,19,24H,1-2H3/b12-5+. The number of allylic oxidation sites excluding steroid dienone is 1. The van der Waals surface area contributed by atoms with Gasteiger partial charge in [-0.2, -0.15) is 0 Å². The molecule has 3 aromatic rings. The smallest absolute Gasteiger partial charge is 0.343 e. The molecule has 0 bridgehead atoms. The van der Waals surface area contributed by atoms with Gasteiger partial charge in [-0.1, -0.05) is 24.3 Å². The fourth-order valence-electron chi connectivity index (χ4n) is 2.99. The van der Waals surface area contributed by atoms with Crippen LogP contribution in [0.25, 0.3) is 6.08 Å². The van der Waals surface area contributed by atoms with Gasteiger partial charge in [-0.15, -0.1) is 0 Å². The second kappa shape index (κ2) is 8.43. The lowest BCUT2D eigenvalue weighted by Gasteiger charge is -2.15. The predicted molar refractivity (Wildman–Crippen MR) is 108 cm³/mol. The molecule has 0 aliphatic rings. The largest absolute Gasteiger partial charge is 0.507 e. The molecule has 0 aliphatic heterocycles. The monoisotopic (exact) mass is 393 g/mol. The zero-order chi connectivity index (χ0) is 21.0. The summed E-state index contributed by atoms with van der Waals surface area (Å²) in [6.45, 7) is 1.58. The molecule has 0 radical (unpaired) electrons. The molecule has 7 heteroatoms. The zero-order valence-corrected chi connectivity index (χ0v) is 15.9. The summed E-state index contributed by atoms with van der Waals surface area (Å²) in [6.07, 6.45) is 3.47. The van der Waals surface area contributed by atoms with Gasteiger partial charge in [-0.05, 0) is 42.3 Å². The van der Waals surface area contributed by atoms with Crippen LogP contribution >= 0.6 is 0 Å². The first-order valence-corrected chi connectivity index (χ1v) is 8.79. The molecule has 148 valence electrons. The number of benzene rings is 2. The molecule has 0 saturated carbocycles. The van der Waals surface area contributed by atoms with Gasteiger partial charge in [0, 0.05) is 24.1 Å². The van der Waals surface area contributed by atoms with Gasteiger partial charge in [0.1, 0.15) is 17.3 Å². The summed E-state index contributed by atoms with van der Waals surface area (Å²) in [5.41, 5.74) is 0.932. The van der Waals surface area contributed by atoms with Gasteiger partial charge >= 0.3 is 5.63 Å². The highest BCUT2D eigenvalue weighted by molar-refractivity contribution is 5.56. The van der Waals surface area contributed by atoms with Crippen LogP contribution < -0.4 is 10.4 Å². The minimum absolute atomic E-state index is 0.00863. The number of nitrogens with zero attached hydrogens (tertiary/aromatic N) is 1. The highest BCUT2D eigenvalue weighted by atomic mass is 16.6. The Labute approximate surface area is 166 Å². The number of ether oxygens (including phenoxy) is 1. The lowest BCUT2D eigenvalue weighted by molar-refractivity contribution is -0.384. The summed E-state index contributed by atoms with van der Waals surface area (Å²) in [4.78, 5) is 22.8. The summed E-state index contributed by atoms with van der Waals surface area (Å²) in [7, 11) is 1.56. The van der Waals surface area contributed by atoms with Gasteiger partial charge < -0.3 is 14.3 Å². The normalized spacial score (nSPS) is 12.1. The number of aromatic hydroxyl groups is 1. The third-order valence-corrected chi connectivity index (χ3v) is 4.46. The fraction of sp³-hybridized carbons (Fsp3) is 0.136. The van der Waals surface area contributed by atoms with Crippen LogP contribution in [0.4, 0.5) is 5.69 Å². The number of nitro benzene ring substituents is 1. The minimum Gasteiger partial charge on any atom is -0.507 e. The Hall–Kier alpha value is -3.87. The van der Waals surface area contributed by atoms with Crippen LogP contribution in [-0.4, -0.2) is 17.1 Å². The Kier molecular flexibility index (Phi) is 5.78. The molecular formula is C22H19NO6. The molecule has 7 nitrogen and oxygen atoms in total. The van der Waals surface area contributed by atoms with Crippen LogP contribution in [0.1, 0.15) is 28.4 Å². The highest BCUT2D eigenvalue weighted by Crippen LogP contribution is 2.32. The van der Waals surface area contributed by atoms with Crippen molar-refractivity contribution < 1.29 is 19.2 Å². The van der Waals surface area contributed by atoms with Crippen molar-refractivity contribution in [3.8, 4) is 11.5 Å². The van der Waals surface area contributed by atoms with Crippen LogP contribution in [0.3, 0.4) is 0 Å². The number of non-ortho nitro benzene ring substituents is 1. The van der Waals surface area contributed by atoms with Crippen molar-refractivity contribution in [2.75, 3.05) is 7.11 Å². The zero-order valence-electron chi connectivity index (χ0n) is 15.9. The second-order valence-corrected chi connectivity index (χ2v) is 6.40. The van der Waals surface area contributed by atoms with Crippen LogP contribution in [0.2, 0.25) is 0 Å². The van der Waals surface area contributed by atoms with Crippen molar-refractivity contribution >= 4 is 11.8 Å². The van der Waals surface area contributed by atoms with E-state index in [1.807, 2.05) is 0 Å². The van der Waals surface area contributed by atoms with E-state index in [0.29, 0.717) is 17.1 Å². The molecule has 3 rings (SSSR count). The Balaban J connectivity index is 2.05.